The number of unbranched alkanes of at least 4 members (excludes halogenated alkanes) is 1. The van der Waals surface area contributed by atoms with Crippen LogP contribution in [0, 0.1) is 0 Å². The lowest BCUT2D eigenvalue weighted by atomic mass is 9.87. The highest BCUT2D eigenvalue weighted by Crippen LogP contribution is 2.46. The van der Waals surface area contributed by atoms with E-state index in [1.165, 1.54) is 0 Å². The normalized spacial score (nSPS) is 36.2. The third kappa shape index (κ3) is 4.35. The summed E-state index contributed by atoms with van der Waals surface area (Å²) in [7, 11) is 0. The minimum absolute atomic E-state index is 0.298. The van der Waals surface area contributed by atoms with E-state index >= 15 is 0 Å². The van der Waals surface area contributed by atoms with E-state index in [0.29, 0.717) is 19.6 Å². The standard InChI is InChI=1S/C24H32O5/c1-5-6-10-13-24(14-17(2)15-26-24)21-19(25-16-18-11-8-7-9-12-18)20-22(27-21)29-23(3,4)28-20/h7-13,19-22H,2,5-6,14-16H2,1,3-4H3/b13-10+/t19-,20-,21+,22-,24+/m1/s1. The summed E-state index contributed by atoms with van der Waals surface area (Å²) < 4.78 is 31.3. The number of fused-ring (bicyclic) bond motifs is 1. The molecule has 0 bridgehead atoms. The maximum absolute atomic E-state index is 6.41. The van der Waals surface area contributed by atoms with Crippen LogP contribution in [0.2, 0.25) is 0 Å². The second-order valence-corrected chi connectivity index (χ2v) is 8.65. The van der Waals surface area contributed by atoms with Gasteiger partial charge in [-0.05, 0) is 31.4 Å². The predicted molar refractivity (Wildman–Crippen MR) is 110 cm³/mol. The Kier molecular flexibility index (Phi) is 5.96. The van der Waals surface area contributed by atoms with Crippen molar-refractivity contribution in [2.75, 3.05) is 6.61 Å². The van der Waals surface area contributed by atoms with Gasteiger partial charge in [0.05, 0.1) is 13.2 Å². The lowest BCUT2D eigenvalue weighted by Crippen LogP contribution is -2.50. The third-order valence-electron chi connectivity index (χ3n) is 5.68. The van der Waals surface area contributed by atoms with Gasteiger partial charge in [-0.15, -0.1) is 0 Å². The number of benzene rings is 1. The van der Waals surface area contributed by atoms with E-state index < -0.39 is 17.7 Å². The zero-order chi connectivity index (χ0) is 20.5. The molecule has 29 heavy (non-hydrogen) atoms. The van der Waals surface area contributed by atoms with Gasteiger partial charge in [0.1, 0.15) is 23.9 Å². The monoisotopic (exact) mass is 400 g/mol. The van der Waals surface area contributed by atoms with E-state index in [1.54, 1.807) is 0 Å². The minimum Gasteiger partial charge on any atom is -0.368 e. The Balaban J connectivity index is 1.60. The smallest absolute Gasteiger partial charge is 0.190 e. The summed E-state index contributed by atoms with van der Waals surface area (Å²) in [6, 6.07) is 10.2. The van der Waals surface area contributed by atoms with Gasteiger partial charge in [-0.1, -0.05) is 62.4 Å². The SMILES string of the molecule is C=C1CO[C@](/C=C/CCC)([C@H]2O[C@@H]3OC(C)(C)O[C@@H]3[C@H]2OCc2ccccc2)C1. The number of ether oxygens (including phenoxy) is 5. The molecule has 0 aromatic heterocycles. The molecule has 1 aromatic carbocycles. The summed E-state index contributed by atoms with van der Waals surface area (Å²) >= 11 is 0. The lowest BCUT2D eigenvalue weighted by molar-refractivity contribution is -0.239. The molecule has 4 rings (SSSR count). The molecule has 3 heterocycles. The van der Waals surface area contributed by atoms with E-state index in [4.69, 9.17) is 23.7 Å². The first-order valence-electron chi connectivity index (χ1n) is 10.6. The van der Waals surface area contributed by atoms with Crippen LogP contribution >= 0.6 is 0 Å². The molecule has 3 aliphatic heterocycles. The molecular formula is C24H32O5. The Morgan fingerprint density at radius 1 is 1.21 bits per heavy atom. The minimum atomic E-state index is -0.694. The van der Waals surface area contributed by atoms with Gasteiger partial charge in [-0.3, -0.25) is 0 Å². The molecule has 0 spiro atoms. The van der Waals surface area contributed by atoms with E-state index in [2.05, 4.69) is 37.8 Å². The molecule has 0 radical (unpaired) electrons. The van der Waals surface area contributed by atoms with Crippen LogP contribution in [0.25, 0.3) is 0 Å². The highest BCUT2D eigenvalue weighted by atomic mass is 16.8. The quantitative estimate of drug-likeness (QED) is 0.630. The second-order valence-electron chi connectivity index (χ2n) is 8.65. The lowest BCUT2D eigenvalue weighted by Gasteiger charge is -2.36. The van der Waals surface area contributed by atoms with E-state index in [-0.39, 0.29) is 18.3 Å². The highest BCUT2D eigenvalue weighted by Gasteiger charge is 2.61. The van der Waals surface area contributed by atoms with Gasteiger partial charge in [-0.25, -0.2) is 0 Å². The topological polar surface area (TPSA) is 46.2 Å². The molecule has 5 heteroatoms. The summed E-state index contributed by atoms with van der Waals surface area (Å²) in [5.74, 6) is -0.694. The number of rotatable bonds is 7. The van der Waals surface area contributed by atoms with Crippen molar-refractivity contribution in [2.24, 2.45) is 0 Å². The van der Waals surface area contributed by atoms with Crippen molar-refractivity contribution in [1.82, 2.24) is 0 Å². The Morgan fingerprint density at radius 2 is 2.00 bits per heavy atom. The van der Waals surface area contributed by atoms with Crippen LogP contribution in [-0.4, -0.2) is 42.6 Å². The van der Waals surface area contributed by atoms with Gasteiger partial charge in [-0.2, -0.15) is 0 Å². The van der Waals surface area contributed by atoms with Gasteiger partial charge in [0.15, 0.2) is 12.1 Å². The molecule has 3 saturated heterocycles. The maximum Gasteiger partial charge on any atom is 0.190 e. The van der Waals surface area contributed by atoms with Crippen LogP contribution in [0.4, 0.5) is 0 Å². The first kappa shape index (κ1) is 20.8. The van der Waals surface area contributed by atoms with Crippen molar-refractivity contribution in [1.29, 1.82) is 0 Å². The summed E-state index contributed by atoms with van der Waals surface area (Å²) in [5, 5.41) is 0. The van der Waals surface area contributed by atoms with Crippen molar-refractivity contribution in [3.8, 4) is 0 Å². The molecule has 0 amide bonds. The Hall–Kier alpha value is -1.50. The van der Waals surface area contributed by atoms with E-state index in [9.17, 15) is 0 Å². The predicted octanol–water partition coefficient (Wildman–Crippen LogP) is 4.52. The molecule has 0 N–H and O–H groups in total. The van der Waals surface area contributed by atoms with Gasteiger partial charge in [0, 0.05) is 6.42 Å². The molecule has 3 fully saturated rings. The molecule has 0 saturated carbocycles. The van der Waals surface area contributed by atoms with Crippen LogP contribution in [0.3, 0.4) is 0 Å². The molecule has 0 unspecified atom stereocenters. The van der Waals surface area contributed by atoms with Crippen molar-refractivity contribution in [3.63, 3.8) is 0 Å². The molecular weight excluding hydrogens is 368 g/mol. The van der Waals surface area contributed by atoms with Crippen molar-refractivity contribution in [2.45, 2.75) is 82.6 Å². The molecule has 5 nitrogen and oxygen atoms in total. The second kappa shape index (κ2) is 8.32. The molecule has 1 aromatic rings. The maximum atomic E-state index is 6.41. The third-order valence-corrected chi connectivity index (χ3v) is 5.68. The Bertz CT molecular complexity index is 743. The average molecular weight is 401 g/mol. The fourth-order valence-electron chi connectivity index (χ4n) is 4.38. The summed E-state index contributed by atoms with van der Waals surface area (Å²) in [6.45, 7) is 11.1. The van der Waals surface area contributed by atoms with Gasteiger partial charge >= 0.3 is 0 Å². The van der Waals surface area contributed by atoms with Gasteiger partial charge in [0.25, 0.3) is 0 Å². The zero-order valence-electron chi connectivity index (χ0n) is 17.6. The van der Waals surface area contributed by atoms with Crippen LogP contribution < -0.4 is 0 Å². The average Bonchev–Trinajstić information content (AvgIpc) is 3.31. The van der Waals surface area contributed by atoms with Crippen LogP contribution in [0.5, 0.6) is 0 Å². The van der Waals surface area contributed by atoms with Crippen molar-refractivity contribution < 1.29 is 23.7 Å². The molecule has 0 aliphatic carbocycles. The van der Waals surface area contributed by atoms with E-state index in [1.807, 2.05) is 32.0 Å². The Labute approximate surface area is 173 Å². The number of hydrogen-bond donors (Lipinski definition) is 0. The number of allylic oxidation sites excluding steroid dienone is 1. The van der Waals surface area contributed by atoms with E-state index in [0.717, 1.165) is 24.0 Å². The Morgan fingerprint density at radius 3 is 2.69 bits per heavy atom. The highest BCUT2D eigenvalue weighted by molar-refractivity contribution is 5.23. The van der Waals surface area contributed by atoms with Gasteiger partial charge < -0.3 is 23.7 Å². The summed E-state index contributed by atoms with van der Waals surface area (Å²) in [5.41, 5.74) is 1.57. The summed E-state index contributed by atoms with van der Waals surface area (Å²) in [4.78, 5) is 0. The zero-order valence-corrected chi connectivity index (χ0v) is 17.6. The summed E-state index contributed by atoms with van der Waals surface area (Å²) in [6.07, 6.45) is 5.71. The fourth-order valence-corrected chi connectivity index (χ4v) is 4.38. The van der Waals surface area contributed by atoms with Gasteiger partial charge in [0.2, 0.25) is 0 Å². The molecule has 3 aliphatic rings. The largest absolute Gasteiger partial charge is 0.368 e. The van der Waals surface area contributed by atoms with Crippen molar-refractivity contribution >= 4 is 0 Å². The molecule has 158 valence electrons. The first-order valence-corrected chi connectivity index (χ1v) is 10.6. The molecule has 5 atom stereocenters. The fraction of sp³-hybridized carbons (Fsp3) is 0.583. The van der Waals surface area contributed by atoms with Crippen LogP contribution in [-0.2, 0) is 30.3 Å². The van der Waals surface area contributed by atoms with Crippen LogP contribution in [0.1, 0.15) is 45.6 Å². The first-order chi connectivity index (χ1) is 13.9. The van der Waals surface area contributed by atoms with Crippen LogP contribution in [0.15, 0.2) is 54.6 Å². The number of hydrogen-bond acceptors (Lipinski definition) is 5. The van der Waals surface area contributed by atoms with Crippen molar-refractivity contribution in [3.05, 3.63) is 60.2 Å².